The molecular formula is C22H28O2Si. The zero-order valence-corrected chi connectivity index (χ0v) is 16.8. The highest BCUT2D eigenvalue weighted by Gasteiger charge is 2.25. The van der Waals surface area contributed by atoms with Crippen molar-refractivity contribution in [2.45, 2.75) is 51.6 Å². The van der Waals surface area contributed by atoms with E-state index in [2.05, 4.69) is 67.2 Å². The lowest BCUT2D eigenvalue weighted by Gasteiger charge is -2.10. The Hall–Kier alpha value is -1.78. The average molecular weight is 353 g/mol. The molecule has 1 aliphatic rings. The van der Waals surface area contributed by atoms with E-state index in [0.29, 0.717) is 6.61 Å². The summed E-state index contributed by atoms with van der Waals surface area (Å²) in [6, 6.07) is 8.37. The predicted molar refractivity (Wildman–Crippen MR) is 107 cm³/mol. The van der Waals surface area contributed by atoms with Gasteiger partial charge in [-0.3, -0.25) is 0 Å². The zero-order valence-electron chi connectivity index (χ0n) is 15.8. The van der Waals surface area contributed by atoms with E-state index in [9.17, 15) is 0 Å². The van der Waals surface area contributed by atoms with E-state index < -0.39 is 8.07 Å². The van der Waals surface area contributed by atoms with Gasteiger partial charge in [0.05, 0.1) is 6.61 Å². The van der Waals surface area contributed by atoms with Crippen LogP contribution in [0.25, 0.3) is 0 Å². The molecule has 0 aliphatic carbocycles. The van der Waals surface area contributed by atoms with E-state index in [1.54, 1.807) is 7.11 Å². The Morgan fingerprint density at radius 3 is 2.84 bits per heavy atom. The monoisotopic (exact) mass is 352 g/mol. The summed E-state index contributed by atoms with van der Waals surface area (Å²) in [5.41, 5.74) is 6.83. The predicted octanol–water partition coefficient (Wildman–Crippen LogP) is 4.89. The summed E-state index contributed by atoms with van der Waals surface area (Å²) in [5.74, 6) is 9.85. The second kappa shape index (κ2) is 9.64. The standard InChI is InChI=1S/C22H28O2Si/c1-23-16-10-6-5-7-12-19(14-11-17-25(2,3)4)22-21-15-9-8-13-20(21)18-24-22/h8-9,13-15,22H,5-6,10,16,18H2,1-4H3/b19-14+. The Balaban J connectivity index is 2.17. The summed E-state index contributed by atoms with van der Waals surface area (Å²) in [7, 11) is 0.338. The fourth-order valence-electron chi connectivity index (χ4n) is 2.57. The lowest BCUT2D eigenvalue weighted by molar-refractivity contribution is 0.0942. The molecule has 0 spiro atoms. The lowest BCUT2D eigenvalue weighted by atomic mass is 9.99. The number of rotatable bonds is 5. The van der Waals surface area contributed by atoms with Crippen molar-refractivity contribution in [3.05, 3.63) is 47.0 Å². The van der Waals surface area contributed by atoms with Crippen molar-refractivity contribution in [1.82, 2.24) is 0 Å². The van der Waals surface area contributed by atoms with Crippen LogP contribution in [0.3, 0.4) is 0 Å². The first-order chi connectivity index (χ1) is 12.0. The highest BCUT2D eigenvalue weighted by Crippen LogP contribution is 2.35. The van der Waals surface area contributed by atoms with Gasteiger partial charge >= 0.3 is 0 Å². The van der Waals surface area contributed by atoms with Gasteiger partial charge in [0.25, 0.3) is 0 Å². The minimum atomic E-state index is -1.40. The maximum atomic E-state index is 6.02. The zero-order chi connectivity index (χ0) is 18.1. The second-order valence-corrected chi connectivity index (χ2v) is 12.0. The summed E-state index contributed by atoms with van der Waals surface area (Å²) in [6.45, 7) is 8.18. The number of allylic oxidation sites excluding steroid dienone is 1. The largest absolute Gasteiger partial charge is 0.385 e. The molecule has 1 aliphatic heterocycles. The van der Waals surface area contributed by atoms with Gasteiger partial charge in [0.2, 0.25) is 0 Å². The Labute approximate surface area is 153 Å². The molecule has 1 atom stereocenters. The molecule has 25 heavy (non-hydrogen) atoms. The summed E-state index contributed by atoms with van der Waals surface area (Å²) in [4.78, 5) is 0. The van der Waals surface area contributed by atoms with E-state index in [0.717, 1.165) is 31.4 Å². The molecule has 1 aromatic rings. The van der Waals surface area contributed by atoms with Gasteiger partial charge in [-0.1, -0.05) is 61.7 Å². The molecule has 2 rings (SSSR count). The van der Waals surface area contributed by atoms with Crippen molar-refractivity contribution in [1.29, 1.82) is 0 Å². The third-order valence-electron chi connectivity index (χ3n) is 3.83. The summed E-state index contributed by atoms with van der Waals surface area (Å²) in [6.07, 6.45) is 4.85. The first-order valence-electron chi connectivity index (χ1n) is 8.91. The summed E-state index contributed by atoms with van der Waals surface area (Å²) in [5, 5.41) is 0. The van der Waals surface area contributed by atoms with Gasteiger partial charge in [-0.05, 0) is 24.0 Å². The van der Waals surface area contributed by atoms with E-state index in [4.69, 9.17) is 9.47 Å². The van der Waals surface area contributed by atoms with E-state index in [1.807, 2.05) is 6.08 Å². The van der Waals surface area contributed by atoms with Crippen LogP contribution in [0.15, 0.2) is 35.9 Å². The molecule has 0 saturated carbocycles. The molecule has 132 valence electrons. The number of unbranched alkanes of at least 4 members (excludes halogenated alkanes) is 2. The number of methoxy groups -OCH3 is 1. The van der Waals surface area contributed by atoms with Crippen LogP contribution in [0.1, 0.15) is 36.5 Å². The topological polar surface area (TPSA) is 18.5 Å². The highest BCUT2D eigenvalue weighted by molar-refractivity contribution is 6.83. The van der Waals surface area contributed by atoms with Crippen molar-refractivity contribution in [2.75, 3.05) is 13.7 Å². The van der Waals surface area contributed by atoms with Gasteiger partial charge in [-0.15, -0.1) is 5.54 Å². The molecule has 1 heterocycles. The van der Waals surface area contributed by atoms with Crippen LogP contribution < -0.4 is 0 Å². The van der Waals surface area contributed by atoms with Crippen LogP contribution in [-0.2, 0) is 16.1 Å². The second-order valence-electron chi connectivity index (χ2n) is 7.26. The van der Waals surface area contributed by atoms with Crippen molar-refractivity contribution in [2.24, 2.45) is 0 Å². The molecule has 0 N–H and O–H groups in total. The number of hydrogen-bond acceptors (Lipinski definition) is 2. The fraction of sp³-hybridized carbons (Fsp3) is 0.455. The SMILES string of the molecule is COCCCCC#C/C(=C\C#C[Si](C)(C)C)C1OCc2ccccc21. The van der Waals surface area contributed by atoms with Crippen LogP contribution in [0.5, 0.6) is 0 Å². The third kappa shape index (κ3) is 6.56. The van der Waals surface area contributed by atoms with Gasteiger partial charge in [0, 0.05) is 31.8 Å². The quantitative estimate of drug-likeness (QED) is 0.427. The van der Waals surface area contributed by atoms with Crippen LogP contribution in [-0.4, -0.2) is 21.8 Å². The summed E-state index contributed by atoms with van der Waals surface area (Å²) >= 11 is 0. The molecular weight excluding hydrogens is 324 g/mol. The van der Waals surface area contributed by atoms with E-state index >= 15 is 0 Å². The van der Waals surface area contributed by atoms with E-state index in [-0.39, 0.29) is 6.10 Å². The Kier molecular flexibility index (Phi) is 7.53. The Morgan fingerprint density at radius 2 is 2.08 bits per heavy atom. The number of hydrogen-bond donors (Lipinski definition) is 0. The van der Waals surface area contributed by atoms with Gasteiger partial charge in [-0.25, -0.2) is 0 Å². The average Bonchev–Trinajstić information content (AvgIpc) is 2.99. The van der Waals surface area contributed by atoms with Crippen molar-refractivity contribution < 1.29 is 9.47 Å². The molecule has 2 nitrogen and oxygen atoms in total. The van der Waals surface area contributed by atoms with Gasteiger partial charge in [-0.2, -0.15) is 0 Å². The summed E-state index contributed by atoms with van der Waals surface area (Å²) < 4.78 is 11.1. The van der Waals surface area contributed by atoms with Gasteiger partial charge < -0.3 is 9.47 Å². The minimum absolute atomic E-state index is 0.0846. The first kappa shape index (κ1) is 19.5. The van der Waals surface area contributed by atoms with Crippen LogP contribution in [0, 0.1) is 23.3 Å². The first-order valence-corrected chi connectivity index (χ1v) is 12.4. The lowest BCUT2D eigenvalue weighted by Crippen LogP contribution is -2.16. The Bertz CT molecular complexity index is 720. The molecule has 1 unspecified atom stereocenters. The molecule has 0 aromatic heterocycles. The van der Waals surface area contributed by atoms with Gasteiger partial charge in [0.1, 0.15) is 14.2 Å². The normalized spacial score (nSPS) is 16.5. The number of fused-ring (bicyclic) bond motifs is 1. The smallest absolute Gasteiger partial charge is 0.129 e. The highest BCUT2D eigenvalue weighted by atomic mass is 28.3. The molecule has 1 aromatic carbocycles. The van der Waals surface area contributed by atoms with Crippen LogP contribution in [0.4, 0.5) is 0 Å². The molecule has 3 heteroatoms. The Morgan fingerprint density at radius 1 is 1.28 bits per heavy atom. The maximum Gasteiger partial charge on any atom is 0.129 e. The maximum absolute atomic E-state index is 6.02. The van der Waals surface area contributed by atoms with Crippen molar-refractivity contribution in [3.63, 3.8) is 0 Å². The molecule has 0 radical (unpaired) electrons. The fourth-order valence-corrected chi connectivity index (χ4v) is 3.08. The molecule has 0 bridgehead atoms. The minimum Gasteiger partial charge on any atom is -0.385 e. The number of ether oxygens (including phenoxy) is 2. The van der Waals surface area contributed by atoms with Crippen LogP contribution in [0.2, 0.25) is 19.6 Å². The third-order valence-corrected chi connectivity index (χ3v) is 4.73. The van der Waals surface area contributed by atoms with Crippen LogP contribution >= 0.6 is 0 Å². The van der Waals surface area contributed by atoms with Crippen molar-refractivity contribution in [3.8, 4) is 23.3 Å². The number of benzene rings is 1. The van der Waals surface area contributed by atoms with Crippen molar-refractivity contribution >= 4 is 8.07 Å². The molecule has 0 fully saturated rings. The van der Waals surface area contributed by atoms with E-state index in [1.165, 1.54) is 11.1 Å². The van der Waals surface area contributed by atoms with Gasteiger partial charge in [0.15, 0.2) is 0 Å². The molecule has 0 amide bonds. The molecule has 0 saturated heterocycles.